The zero-order valence-electron chi connectivity index (χ0n) is 14.6. The first kappa shape index (κ1) is 18.0. The molecule has 0 aromatic heterocycles. The first-order valence-electron chi connectivity index (χ1n) is 8.94. The molecule has 1 fully saturated rings. The molecule has 0 radical (unpaired) electrons. The summed E-state index contributed by atoms with van der Waals surface area (Å²) in [6, 6.07) is 18.1. The first-order chi connectivity index (χ1) is 12.1. The largest absolute Gasteiger partial charge is 0.349 e. The third kappa shape index (κ3) is 4.83. The highest BCUT2D eigenvalue weighted by molar-refractivity contribution is 6.31. The Morgan fingerprint density at radius 3 is 2.44 bits per heavy atom. The highest BCUT2D eigenvalue weighted by Gasteiger charge is 2.26. The SMILES string of the molecule is C[C@H](NC(=O)C1CCN(Cc2ccccc2Cl)CC1)c1ccccc1. The number of nitrogens with zero attached hydrogens (tertiary/aromatic N) is 1. The number of nitrogens with one attached hydrogen (secondary N) is 1. The molecule has 4 heteroatoms. The maximum Gasteiger partial charge on any atom is 0.223 e. The molecule has 0 bridgehead atoms. The van der Waals surface area contributed by atoms with Gasteiger partial charge in [-0.2, -0.15) is 0 Å². The second-order valence-electron chi connectivity index (χ2n) is 6.78. The van der Waals surface area contributed by atoms with Crippen LogP contribution in [0.15, 0.2) is 54.6 Å². The summed E-state index contributed by atoms with van der Waals surface area (Å²) in [4.78, 5) is 14.9. The summed E-state index contributed by atoms with van der Waals surface area (Å²) in [5.74, 6) is 0.280. The molecule has 3 rings (SSSR count). The van der Waals surface area contributed by atoms with Crippen LogP contribution >= 0.6 is 11.6 Å². The number of hydrogen-bond acceptors (Lipinski definition) is 2. The molecule has 1 heterocycles. The maximum atomic E-state index is 12.6. The predicted molar refractivity (Wildman–Crippen MR) is 102 cm³/mol. The van der Waals surface area contributed by atoms with Gasteiger partial charge in [-0.25, -0.2) is 0 Å². The van der Waals surface area contributed by atoms with Gasteiger partial charge in [-0.3, -0.25) is 9.69 Å². The van der Waals surface area contributed by atoms with Gasteiger partial charge in [0.1, 0.15) is 0 Å². The Bertz CT molecular complexity index is 696. The molecular weight excluding hydrogens is 332 g/mol. The smallest absolute Gasteiger partial charge is 0.223 e. The molecule has 1 amide bonds. The molecular formula is C21H25ClN2O. The highest BCUT2D eigenvalue weighted by atomic mass is 35.5. The van der Waals surface area contributed by atoms with Gasteiger partial charge < -0.3 is 5.32 Å². The number of hydrogen-bond donors (Lipinski definition) is 1. The molecule has 0 aliphatic carbocycles. The van der Waals surface area contributed by atoms with Crippen molar-refractivity contribution in [1.29, 1.82) is 0 Å². The van der Waals surface area contributed by atoms with E-state index in [4.69, 9.17) is 11.6 Å². The van der Waals surface area contributed by atoms with Crippen molar-refractivity contribution < 1.29 is 4.79 Å². The normalized spacial score (nSPS) is 17.2. The molecule has 1 N–H and O–H groups in total. The number of rotatable bonds is 5. The summed E-state index contributed by atoms with van der Waals surface area (Å²) in [5.41, 5.74) is 2.30. The van der Waals surface area contributed by atoms with Crippen molar-refractivity contribution in [3.05, 3.63) is 70.7 Å². The average Bonchev–Trinajstić information content (AvgIpc) is 2.65. The van der Waals surface area contributed by atoms with Crippen LogP contribution in [0, 0.1) is 5.92 Å². The van der Waals surface area contributed by atoms with Crippen molar-refractivity contribution in [3.8, 4) is 0 Å². The van der Waals surface area contributed by atoms with Crippen molar-refractivity contribution in [1.82, 2.24) is 10.2 Å². The van der Waals surface area contributed by atoms with E-state index >= 15 is 0 Å². The lowest BCUT2D eigenvalue weighted by molar-refractivity contribution is -0.127. The van der Waals surface area contributed by atoms with E-state index in [0.29, 0.717) is 0 Å². The molecule has 1 aliphatic heterocycles. The van der Waals surface area contributed by atoms with Crippen molar-refractivity contribution in [2.75, 3.05) is 13.1 Å². The second kappa shape index (κ2) is 8.50. The topological polar surface area (TPSA) is 32.3 Å². The molecule has 1 aliphatic rings. The Hall–Kier alpha value is -1.84. The van der Waals surface area contributed by atoms with Gasteiger partial charge in [0.25, 0.3) is 0 Å². The van der Waals surface area contributed by atoms with Gasteiger partial charge in [-0.05, 0) is 50.0 Å². The minimum absolute atomic E-state index is 0.0508. The van der Waals surface area contributed by atoms with Gasteiger partial charge >= 0.3 is 0 Å². The third-order valence-corrected chi connectivity index (χ3v) is 5.34. The van der Waals surface area contributed by atoms with E-state index in [0.717, 1.165) is 48.6 Å². The monoisotopic (exact) mass is 356 g/mol. The van der Waals surface area contributed by atoms with Gasteiger partial charge in [0.2, 0.25) is 5.91 Å². The molecule has 3 nitrogen and oxygen atoms in total. The van der Waals surface area contributed by atoms with Crippen molar-refractivity contribution in [2.24, 2.45) is 5.92 Å². The van der Waals surface area contributed by atoms with Crippen molar-refractivity contribution >= 4 is 17.5 Å². The van der Waals surface area contributed by atoms with E-state index in [1.165, 1.54) is 0 Å². The van der Waals surface area contributed by atoms with Gasteiger partial charge in [0.15, 0.2) is 0 Å². The van der Waals surface area contributed by atoms with Gasteiger partial charge in [0.05, 0.1) is 6.04 Å². The fourth-order valence-corrected chi connectivity index (χ4v) is 3.57. The van der Waals surface area contributed by atoms with E-state index < -0.39 is 0 Å². The minimum atomic E-state index is 0.0508. The van der Waals surface area contributed by atoms with Crippen LogP contribution in [0.4, 0.5) is 0 Å². The summed E-state index contributed by atoms with van der Waals surface area (Å²) >= 11 is 6.25. The number of halogens is 1. The van der Waals surface area contributed by atoms with Crippen LogP contribution in [0.2, 0.25) is 5.02 Å². The van der Waals surface area contributed by atoms with Gasteiger partial charge in [-0.15, -0.1) is 0 Å². The zero-order chi connectivity index (χ0) is 17.6. The molecule has 1 saturated heterocycles. The number of carbonyl (C=O) groups excluding carboxylic acids is 1. The molecule has 25 heavy (non-hydrogen) atoms. The van der Waals surface area contributed by atoms with Crippen molar-refractivity contribution in [3.63, 3.8) is 0 Å². The number of piperidine rings is 1. The quantitative estimate of drug-likeness (QED) is 0.859. The van der Waals surface area contributed by atoms with Gasteiger partial charge in [-0.1, -0.05) is 60.1 Å². The summed E-state index contributed by atoms with van der Waals surface area (Å²) < 4.78 is 0. The molecule has 1 atom stereocenters. The Morgan fingerprint density at radius 1 is 1.12 bits per heavy atom. The molecule has 0 spiro atoms. The van der Waals surface area contributed by atoms with Gasteiger partial charge in [0, 0.05) is 17.5 Å². The fourth-order valence-electron chi connectivity index (χ4n) is 3.38. The number of likely N-dealkylation sites (tertiary alicyclic amines) is 1. The number of carbonyl (C=O) groups is 1. The Labute approximate surface area is 155 Å². The summed E-state index contributed by atoms with van der Waals surface area (Å²) in [7, 11) is 0. The van der Waals surface area contributed by atoms with Crippen LogP contribution in [-0.4, -0.2) is 23.9 Å². The second-order valence-corrected chi connectivity index (χ2v) is 7.19. The van der Waals surface area contributed by atoms with Crippen LogP contribution in [-0.2, 0) is 11.3 Å². The first-order valence-corrected chi connectivity index (χ1v) is 9.32. The van der Waals surface area contributed by atoms with Crippen LogP contribution < -0.4 is 5.32 Å². The summed E-state index contributed by atoms with van der Waals surface area (Å²) in [5, 5.41) is 3.98. The van der Waals surface area contributed by atoms with E-state index in [2.05, 4.69) is 28.4 Å². The maximum absolute atomic E-state index is 12.6. The van der Waals surface area contributed by atoms with E-state index in [1.54, 1.807) is 0 Å². The van der Waals surface area contributed by atoms with Crippen molar-refractivity contribution in [2.45, 2.75) is 32.4 Å². The van der Waals surface area contributed by atoms with Crippen LogP contribution in [0.3, 0.4) is 0 Å². The lowest BCUT2D eigenvalue weighted by Gasteiger charge is -2.32. The Kier molecular flexibility index (Phi) is 6.11. The Morgan fingerprint density at radius 2 is 1.76 bits per heavy atom. The predicted octanol–water partition coefficient (Wildman–Crippen LogP) is 4.43. The van der Waals surface area contributed by atoms with Crippen LogP contribution in [0.5, 0.6) is 0 Å². The molecule has 2 aromatic rings. The third-order valence-electron chi connectivity index (χ3n) is 4.97. The van der Waals surface area contributed by atoms with Crippen LogP contribution in [0.25, 0.3) is 0 Å². The standard InChI is InChI=1S/C21H25ClN2O/c1-16(17-7-3-2-4-8-17)23-21(25)18-11-13-24(14-12-18)15-19-9-5-6-10-20(19)22/h2-10,16,18H,11-15H2,1H3,(H,23,25)/t16-/m0/s1. The van der Waals surface area contributed by atoms with E-state index in [1.807, 2.05) is 43.3 Å². The molecule has 0 saturated carbocycles. The van der Waals surface area contributed by atoms with E-state index in [9.17, 15) is 4.79 Å². The lowest BCUT2D eigenvalue weighted by Crippen LogP contribution is -2.40. The zero-order valence-corrected chi connectivity index (χ0v) is 15.4. The number of amides is 1. The lowest BCUT2D eigenvalue weighted by atomic mass is 9.95. The fraction of sp³-hybridized carbons (Fsp3) is 0.381. The summed E-state index contributed by atoms with van der Waals surface area (Å²) in [6.45, 7) is 4.76. The van der Waals surface area contributed by atoms with Crippen LogP contribution in [0.1, 0.15) is 36.9 Å². The van der Waals surface area contributed by atoms with E-state index in [-0.39, 0.29) is 17.9 Å². The average molecular weight is 357 g/mol. The number of benzene rings is 2. The molecule has 2 aromatic carbocycles. The summed E-state index contributed by atoms with van der Waals surface area (Å²) in [6.07, 6.45) is 1.80. The highest BCUT2D eigenvalue weighted by Crippen LogP contribution is 2.23. The Balaban J connectivity index is 1.48. The minimum Gasteiger partial charge on any atom is -0.349 e. The molecule has 0 unspecified atom stereocenters. The molecule has 132 valence electrons.